The smallest absolute Gasteiger partial charge is 0.0390 e. The van der Waals surface area contributed by atoms with Gasteiger partial charge in [0.2, 0.25) is 0 Å². The van der Waals surface area contributed by atoms with Gasteiger partial charge >= 0.3 is 0 Å². The third-order valence-corrected chi connectivity index (χ3v) is 6.45. The quantitative estimate of drug-likeness (QED) is 0.277. The van der Waals surface area contributed by atoms with Crippen LogP contribution in [0, 0.1) is 0 Å². The van der Waals surface area contributed by atoms with E-state index < -0.39 is 0 Å². The summed E-state index contributed by atoms with van der Waals surface area (Å²) in [6.07, 6.45) is 0. The molecule has 6 rings (SSSR count). The largest absolute Gasteiger partial charge is 0.356 e. The van der Waals surface area contributed by atoms with Gasteiger partial charge < -0.3 is 5.32 Å². The first-order valence-corrected chi connectivity index (χ1v) is 11.9. The summed E-state index contributed by atoms with van der Waals surface area (Å²) in [6.45, 7) is 0. The van der Waals surface area contributed by atoms with Gasteiger partial charge in [-0.2, -0.15) is 0 Å². The van der Waals surface area contributed by atoms with E-state index in [1.165, 1.54) is 44.2 Å². The van der Waals surface area contributed by atoms with Crippen molar-refractivity contribution in [3.63, 3.8) is 0 Å². The Hall–Kier alpha value is -4.62. The van der Waals surface area contributed by atoms with Crippen molar-refractivity contribution in [3.8, 4) is 33.4 Å². The number of hydrogen-bond donors (Lipinski definition) is 1. The predicted molar refractivity (Wildman–Crippen MR) is 150 cm³/mol. The van der Waals surface area contributed by atoms with Crippen LogP contribution in [0.3, 0.4) is 0 Å². The van der Waals surface area contributed by atoms with E-state index in [0.29, 0.717) is 0 Å². The molecule has 0 unspecified atom stereocenters. The maximum Gasteiger partial charge on any atom is 0.0390 e. The number of hydrogen-bond acceptors (Lipinski definition) is 1. The lowest BCUT2D eigenvalue weighted by molar-refractivity contribution is 1.53. The van der Waals surface area contributed by atoms with Crippen molar-refractivity contribution < 1.29 is 0 Å². The highest BCUT2D eigenvalue weighted by Gasteiger charge is 2.10. The summed E-state index contributed by atoms with van der Waals surface area (Å²) in [5.41, 5.74) is 9.46. The molecule has 35 heavy (non-hydrogen) atoms. The number of benzene rings is 6. The molecule has 1 N–H and O–H groups in total. The van der Waals surface area contributed by atoms with Crippen LogP contribution in [0.1, 0.15) is 0 Å². The van der Waals surface area contributed by atoms with Crippen molar-refractivity contribution in [1.82, 2.24) is 0 Å². The van der Waals surface area contributed by atoms with E-state index in [-0.39, 0.29) is 0 Å². The van der Waals surface area contributed by atoms with Crippen LogP contribution in [0.5, 0.6) is 0 Å². The van der Waals surface area contributed by atoms with Crippen LogP contribution < -0.4 is 5.32 Å². The van der Waals surface area contributed by atoms with Gasteiger partial charge in [-0.25, -0.2) is 0 Å². The topological polar surface area (TPSA) is 12.0 Å². The van der Waals surface area contributed by atoms with Gasteiger partial charge in [0.15, 0.2) is 0 Å². The van der Waals surface area contributed by atoms with Crippen LogP contribution in [0.4, 0.5) is 11.4 Å². The van der Waals surface area contributed by atoms with Gasteiger partial charge in [0.05, 0.1) is 0 Å². The van der Waals surface area contributed by atoms with E-state index in [1.54, 1.807) is 0 Å². The SMILES string of the molecule is c1ccc(-c2ccc(Nc3ccc(-c4ccccc4)c(-c4ccc5ccccc5c4)c3)cc2)cc1. The summed E-state index contributed by atoms with van der Waals surface area (Å²) in [6, 6.07) is 51.6. The lowest BCUT2D eigenvalue weighted by Gasteiger charge is -2.15. The Labute approximate surface area is 206 Å². The maximum absolute atomic E-state index is 3.61. The summed E-state index contributed by atoms with van der Waals surface area (Å²) in [7, 11) is 0. The second-order valence-corrected chi connectivity index (χ2v) is 8.76. The molecule has 0 aliphatic carbocycles. The van der Waals surface area contributed by atoms with Crippen LogP contribution in [-0.4, -0.2) is 0 Å². The van der Waals surface area contributed by atoms with Gasteiger partial charge in [-0.15, -0.1) is 0 Å². The zero-order valence-corrected chi connectivity index (χ0v) is 19.4. The highest BCUT2D eigenvalue weighted by molar-refractivity contribution is 5.92. The van der Waals surface area contributed by atoms with E-state index in [9.17, 15) is 0 Å². The first-order valence-electron chi connectivity index (χ1n) is 11.9. The number of anilines is 2. The molecular formula is C34H25N. The van der Waals surface area contributed by atoms with Gasteiger partial charge in [-0.1, -0.05) is 115 Å². The second-order valence-electron chi connectivity index (χ2n) is 8.76. The van der Waals surface area contributed by atoms with Gasteiger partial charge in [0.25, 0.3) is 0 Å². The zero-order chi connectivity index (χ0) is 23.5. The molecule has 1 heteroatoms. The lowest BCUT2D eigenvalue weighted by atomic mass is 9.92. The molecule has 0 aromatic heterocycles. The minimum atomic E-state index is 1.07. The first-order chi connectivity index (χ1) is 17.3. The van der Waals surface area contributed by atoms with Crippen molar-refractivity contribution in [2.75, 3.05) is 5.32 Å². The molecule has 0 aliphatic heterocycles. The number of nitrogens with one attached hydrogen (secondary N) is 1. The fourth-order valence-corrected chi connectivity index (χ4v) is 4.63. The third kappa shape index (κ3) is 4.45. The Morgan fingerprint density at radius 1 is 0.314 bits per heavy atom. The molecule has 1 nitrogen and oxygen atoms in total. The van der Waals surface area contributed by atoms with Crippen molar-refractivity contribution in [1.29, 1.82) is 0 Å². The summed E-state index contributed by atoms with van der Waals surface area (Å²) in [5.74, 6) is 0. The van der Waals surface area contributed by atoms with Crippen molar-refractivity contribution in [2.45, 2.75) is 0 Å². The Bertz CT molecular complexity index is 1580. The normalized spacial score (nSPS) is 10.9. The molecule has 0 fully saturated rings. The minimum absolute atomic E-state index is 1.07. The highest BCUT2D eigenvalue weighted by atomic mass is 14.9. The van der Waals surface area contributed by atoms with Crippen LogP contribution in [0.2, 0.25) is 0 Å². The molecule has 0 saturated heterocycles. The standard InChI is InChI=1S/C34H25N/c1-3-9-25(10-4-1)27-17-19-31(20-18-27)35-32-21-22-33(28-12-5-2-6-13-28)34(24-32)30-16-15-26-11-7-8-14-29(26)23-30/h1-24,35H. The Morgan fingerprint density at radius 2 is 0.886 bits per heavy atom. The van der Waals surface area contributed by atoms with Crippen molar-refractivity contribution in [3.05, 3.63) is 146 Å². The first kappa shape index (κ1) is 20.9. The molecule has 0 bridgehead atoms. The number of rotatable bonds is 5. The fraction of sp³-hybridized carbons (Fsp3) is 0. The summed E-state index contributed by atoms with van der Waals surface area (Å²) < 4.78 is 0. The average Bonchev–Trinajstić information content (AvgIpc) is 2.94. The summed E-state index contributed by atoms with van der Waals surface area (Å²) in [4.78, 5) is 0. The van der Waals surface area contributed by atoms with Gasteiger partial charge in [0, 0.05) is 11.4 Å². The van der Waals surface area contributed by atoms with Crippen LogP contribution >= 0.6 is 0 Å². The molecule has 0 atom stereocenters. The molecule has 0 spiro atoms. The van der Waals surface area contributed by atoms with E-state index in [1.807, 2.05) is 6.07 Å². The van der Waals surface area contributed by atoms with E-state index in [0.717, 1.165) is 11.4 Å². The van der Waals surface area contributed by atoms with Crippen LogP contribution in [-0.2, 0) is 0 Å². The minimum Gasteiger partial charge on any atom is -0.356 e. The van der Waals surface area contributed by atoms with Crippen LogP contribution in [0.15, 0.2) is 146 Å². The second kappa shape index (κ2) is 9.32. The highest BCUT2D eigenvalue weighted by Crippen LogP contribution is 2.36. The van der Waals surface area contributed by atoms with Crippen molar-refractivity contribution >= 4 is 22.1 Å². The molecule has 0 amide bonds. The van der Waals surface area contributed by atoms with Gasteiger partial charge in [-0.3, -0.25) is 0 Å². The molecule has 166 valence electrons. The van der Waals surface area contributed by atoms with E-state index in [2.05, 4.69) is 145 Å². The fourth-order valence-electron chi connectivity index (χ4n) is 4.63. The zero-order valence-electron chi connectivity index (χ0n) is 19.4. The maximum atomic E-state index is 3.61. The average molecular weight is 448 g/mol. The third-order valence-electron chi connectivity index (χ3n) is 6.45. The van der Waals surface area contributed by atoms with Crippen LogP contribution in [0.25, 0.3) is 44.2 Å². The molecule has 0 saturated carbocycles. The summed E-state index contributed by atoms with van der Waals surface area (Å²) >= 11 is 0. The number of fused-ring (bicyclic) bond motifs is 1. The molecule has 0 aliphatic rings. The Kier molecular flexibility index (Phi) is 5.58. The Balaban J connectivity index is 1.38. The van der Waals surface area contributed by atoms with Crippen molar-refractivity contribution in [2.24, 2.45) is 0 Å². The molecule has 6 aromatic carbocycles. The van der Waals surface area contributed by atoms with Gasteiger partial charge in [-0.05, 0) is 74.5 Å². The molecular weight excluding hydrogens is 422 g/mol. The predicted octanol–water partition coefficient (Wildman–Crippen LogP) is 9.58. The van der Waals surface area contributed by atoms with E-state index in [4.69, 9.17) is 0 Å². The summed E-state index contributed by atoms with van der Waals surface area (Å²) in [5, 5.41) is 6.11. The molecule has 6 aromatic rings. The molecule has 0 radical (unpaired) electrons. The van der Waals surface area contributed by atoms with Gasteiger partial charge in [0.1, 0.15) is 0 Å². The molecule has 0 heterocycles. The monoisotopic (exact) mass is 447 g/mol. The lowest BCUT2D eigenvalue weighted by Crippen LogP contribution is -1.93. The van der Waals surface area contributed by atoms with E-state index >= 15 is 0 Å². The Morgan fingerprint density at radius 3 is 1.63 bits per heavy atom.